The van der Waals surface area contributed by atoms with Crippen LogP contribution < -0.4 is 10.1 Å². The molecule has 0 atom stereocenters. The first-order chi connectivity index (χ1) is 9.92. The van der Waals surface area contributed by atoms with Gasteiger partial charge < -0.3 is 10.1 Å². The van der Waals surface area contributed by atoms with Crippen LogP contribution in [0, 0.1) is 6.92 Å². The number of nitrogens with one attached hydrogen (secondary N) is 1. The molecule has 0 saturated carbocycles. The molecule has 0 radical (unpaired) electrons. The van der Waals surface area contributed by atoms with Crippen LogP contribution in [0.15, 0.2) is 24.4 Å². The minimum absolute atomic E-state index is 0.184. The van der Waals surface area contributed by atoms with E-state index in [9.17, 15) is 4.79 Å². The van der Waals surface area contributed by atoms with Gasteiger partial charge in [0.25, 0.3) is 5.91 Å². The van der Waals surface area contributed by atoms with Crippen LogP contribution >= 0.6 is 34.8 Å². The largest absolute Gasteiger partial charge is 0.495 e. The Bertz CT molecular complexity index is 705. The number of aromatic nitrogens is 1. The minimum atomic E-state index is -0.413. The number of hydrogen-bond donors (Lipinski definition) is 1. The number of halogens is 3. The van der Waals surface area contributed by atoms with Crippen LogP contribution in [0.5, 0.6) is 5.75 Å². The van der Waals surface area contributed by atoms with Crippen molar-refractivity contribution in [3.63, 3.8) is 0 Å². The molecule has 2 rings (SSSR count). The molecule has 21 heavy (non-hydrogen) atoms. The number of anilines is 1. The number of aryl methyl sites for hydroxylation is 1. The van der Waals surface area contributed by atoms with Gasteiger partial charge in [0.05, 0.1) is 23.4 Å². The van der Waals surface area contributed by atoms with Gasteiger partial charge in [-0.15, -0.1) is 0 Å². The monoisotopic (exact) mass is 344 g/mol. The lowest BCUT2D eigenvalue weighted by Crippen LogP contribution is -2.13. The molecular weight excluding hydrogens is 335 g/mol. The van der Waals surface area contributed by atoms with Crippen molar-refractivity contribution in [2.75, 3.05) is 12.4 Å². The van der Waals surface area contributed by atoms with Crippen molar-refractivity contribution in [2.45, 2.75) is 6.92 Å². The summed E-state index contributed by atoms with van der Waals surface area (Å²) in [5, 5.41) is 3.67. The Balaban J connectivity index is 2.35. The summed E-state index contributed by atoms with van der Waals surface area (Å²) in [5.74, 6) is 0.0412. The molecule has 1 aromatic heterocycles. The van der Waals surface area contributed by atoms with E-state index in [4.69, 9.17) is 39.5 Å². The summed E-state index contributed by atoms with van der Waals surface area (Å²) in [5.41, 5.74) is 1.53. The SMILES string of the molecule is COc1cc(Cl)c(C)cc1NC(=O)c1cc(Cl)ncc1Cl. The van der Waals surface area contributed by atoms with Gasteiger partial charge in [0.1, 0.15) is 10.9 Å². The summed E-state index contributed by atoms with van der Waals surface area (Å²) in [4.78, 5) is 16.1. The molecule has 0 fully saturated rings. The van der Waals surface area contributed by atoms with Gasteiger partial charge in [-0.2, -0.15) is 0 Å². The number of benzene rings is 1. The number of ether oxygens (including phenoxy) is 1. The average molecular weight is 346 g/mol. The smallest absolute Gasteiger partial charge is 0.257 e. The molecule has 1 heterocycles. The maximum atomic E-state index is 12.3. The second-order valence-corrected chi connectivity index (χ2v) is 5.44. The Morgan fingerprint density at radius 1 is 1.19 bits per heavy atom. The fourth-order valence-electron chi connectivity index (χ4n) is 1.71. The van der Waals surface area contributed by atoms with Crippen molar-refractivity contribution in [2.24, 2.45) is 0 Å². The highest BCUT2D eigenvalue weighted by Gasteiger charge is 2.15. The Morgan fingerprint density at radius 2 is 1.90 bits per heavy atom. The highest BCUT2D eigenvalue weighted by atomic mass is 35.5. The van der Waals surface area contributed by atoms with Crippen molar-refractivity contribution in [3.8, 4) is 5.75 Å². The number of hydrogen-bond acceptors (Lipinski definition) is 3. The second kappa shape index (κ2) is 6.52. The van der Waals surface area contributed by atoms with E-state index in [0.717, 1.165) is 5.56 Å². The van der Waals surface area contributed by atoms with Gasteiger partial charge in [0, 0.05) is 17.3 Å². The van der Waals surface area contributed by atoms with E-state index < -0.39 is 5.91 Å². The van der Waals surface area contributed by atoms with Crippen molar-refractivity contribution >= 4 is 46.4 Å². The fraction of sp³-hybridized carbons (Fsp3) is 0.143. The van der Waals surface area contributed by atoms with Crippen LogP contribution in [-0.2, 0) is 0 Å². The van der Waals surface area contributed by atoms with Gasteiger partial charge in [-0.1, -0.05) is 34.8 Å². The first-order valence-corrected chi connectivity index (χ1v) is 7.02. The van der Waals surface area contributed by atoms with Gasteiger partial charge in [-0.05, 0) is 24.6 Å². The number of carbonyl (C=O) groups excluding carboxylic acids is 1. The van der Waals surface area contributed by atoms with Gasteiger partial charge in [-0.25, -0.2) is 4.98 Å². The highest BCUT2D eigenvalue weighted by Crippen LogP contribution is 2.31. The molecule has 0 aliphatic carbocycles. The lowest BCUT2D eigenvalue weighted by Gasteiger charge is -2.12. The van der Waals surface area contributed by atoms with Crippen LogP contribution in [0.4, 0.5) is 5.69 Å². The molecule has 0 bridgehead atoms. The molecule has 4 nitrogen and oxygen atoms in total. The fourth-order valence-corrected chi connectivity index (χ4v) is 2.21. The lowest BCUT2D eigenvalue weighted by atomic mass is 10.2. The zero-order chi connectivity index (χ0) is 15.6. The van der Waals surface area contributed by atoms with Gasteiger partial charge >= 0.3 is 0 Å². The van der Waals surface area contributed by atoms with Crippen molar-refractivity contribution in [1.29, 1.82) is 0 Å². The molecule has 0 aliphatic rings. The first-order valence-electron chi connectivity index (χ1n) is 5.89. The molecule has 1 amide bonds. The summed E-state index contributed by atoms with van der Waals surface area (Å²) in [7, 11) is 1.49. The molecular formula is C14H11Cl3N2O2. The molecule has 110 valence electrons. The molecule has 0 unspecified atom stereocenters. The van der Waals surface area contributed by atoms with Crippen molar-refractivity contribution in [3.05, 3.63) is 50.7 Å². The van der Waals surface area contributed by atoms with E-state index in [1.54, 1.807) is 12.1 Å². The number of nitrogens with zero attached hydrogens (tertiary/aromatic N) is 1. The van der Waals surface area contributed by atoms with Gasteiger partial charge in [0.15, 0.2) is 0 Å². The molecule has 1 aromatic carbocycles. The second-order valence-electron chi connectivity index (χ2n) is 4.24. The zero-order valence-electron chi connectivity index (χ0n) is 11.2. The standard InChI is InChI=1S/C14H11Cl3N2O2/c1-7-3-11(12(21-2)5-9(7)15)19-14(20)8-4-13(17)18-6-10(8)16/h3-6H,1-2H3,(H,19,20). The molecule has 0 spiro atoms. The van der Waals surface area contributed by atoms with Crippen LogP contribution in [0.1, 0.15) is 15.9 Å². The lowest BCUT2D eigenvalue weighted by molar-refractivity contribution is 0.102. The van der Waals surface area contributed by atoms with Crippen LogP contribution in [0.2, 0.25) is 15.2 Å². The highest BCUT2D eigenvalue weighted by molar-refractivity contribution is 6.35. The third-order valence-corrected chi connectivity index (χ3v) is 3.71. The van der Waals surface area contributed by atoms with Crippen molar-refractivity contribution < 1.29 is 9.53 Å². The van der Waals surface area contributed by atoms with E-state index in [-0.39, 0.29) is 15.7 Å². The Labute approximate surface area is 137 Å². The van der Waals surface area contributed by atoms with E-state index in [0.29, 0.717) is 16.5 Å². The number of methoxy groups -OCH3 is 1. The summed E-state index contributed by atoms with van der Waals surface area (Å²) >= 11 is 17.8. The van der Waals surface area contributed by atoms with Crippen molar-refractivity contribution in [1.82, 2.24) is 4.98 Å². The molecule has 2 aromatic rings. The molecule has 0 saturated heterocycles. The van der Waals surface area contributed by atoms with Crippen LogP contribution in [0.3, 0.4) is 0 Å². The van der Waals surface area contributed by atoms with E-state index >= 15 is 0 Å². The maximum absolute atomic E-state index is 12.3. The maximum Gasteiger partial charge on any atom is 0.257 e. The first kappa shape index (κ1) is 15.9. The predicted octanol–water partition coefficient (Wildman–Crippen LogP) is 4.61. The Morgan fingerprint density at radius 3 is 2.57 bits per heavy atom. The summed E-state index contributed by atoms with van der Waals surface area (Å²) < 4.78 is 5.20. The number of pyridine rings is 1. The van der Waals surface area contributed by atoms with E-state index in [1.807, 2.05) is 6.92 Å². The van der Waals surface area contributed by atoms with E-state index in [1.165, 1.54) is 19.4 Å². The number of carbonyl (C=O) groups is 1. The Hall–Kier alpha value is -1.49. The number of amides is 1. The van der Waals surface area contributed by atoms with E-state index in [2.05, 4.69) is 10.3 Å². The third-order valence-electron chi connectivity index (χ3n) is 2.80. The minimum Gasteiger partial charge on any atom is -0.495 e. The quantitative estimate of drug-likeness (QED) is 0.826. The summed E-state index contributed by atoms with van der Waals surface area (Å²) in [6.07, 6.45) is 1.32. The number of rotatable bonds is 3. The predicted molar refractivity (Wildman–Crippen MR) is 85.0 cm³/mol. The topological polar surface area (TPSA) is 51.2 Å². The van der Waals surface area contributed by atoms with Crippen LogP contribution in [-0.4, -0.2) is 18.0 Å². The average Bonchev–Trinajstić information content (AvgIpc) is 2.45. The van der Waals surface area contributed by atoms with Crippen LogP contribution in [0.25, 0.3) is 0 Å². The third kappa shape index (κ3) is 3.59. The molecule has 7 heteroatoms. The van der Waals surface area contributed by atoms with Gasteiger partial charge in [-0.3, -0.25) is 4.79 Å². The molecule has 0 aliphatic heterocycles. The van der Waals surface area contributed by atoms with Gasteiger partial charge in [0.2, 0.25) is 0 Å². The zero-order valence-corrected chi connectivity index (χ0v) is 13.5. The summed E-state index contributed by atoms with van der Waals surface area (Å²) in [6, 6.07) is 4.75. The molecule has 1 N–H and O–H groups in total. The normalized spacial score (nSPS) is 10.3. The Kier molecular flexibility index (Phi) is 4.93. The summed E-state index contributed by atoms with van der Waals surface area (Å²) in [6.45, 7) is 1.83.